The van der Waals surface area contributed by atoms with Gasteiger partial charge in [-0.15, -0.1) is 11.5 Å². The molecule has 2 rings (SSSR count). The molecule has 0 spiro atoms. The normalized spacial score (nSPS) is 10.7. The Bertz CT molecular complexity index is 1460. The molecule has 0 aliphatic rings. The number of ketones is 2. The minimum atomic E-state index is -0.369. The number of hydrogen-bond donors (Lipinski definition) is 2. The summed E-state index contributed by atoms with van der Waals surface area (Å²) in [7, 11) is 9.87. The summed E-state index contributed by atoms with van der Waals surface area (Å²) >= 11 is 0. The third-order valence-electron chi connectivity index (χ3n) is 4.91. The van der Waals surface area contributed by atoms with Crippen LogP contribution in [0.5, 0.6) is 23.0 Å². The van der Waals surface area contributed by atoms with Crippen molar-refractivity contribution in [1.82, 2.24) is 9.80 Å². The third-order valence-corrected chi connectivity index (χ3v) is 4.91. The number of aliphatic hydroxyl groups excluding tert-OH is 2. The Morgan fingerprint density at radius 2 is 0.900 bits per heavy atom. The topological polar surface area (TPSA) is 353 Å². The summed E-state index contributed by atoms with van der Waals surface area (Å²) in [5.74, 6) is -1.58. The number of carbonyl (C=O) groups excluding carboxylic acids is 2. The van der Waals surface area contributed by atoms with Crippen LogP contribution in [0.25, 0.3) is 0 Å². The van der Waals surface area contributed by atoms with Crippen LogP contribution in [0.4, 0.5) is 0 Å². The van der Waals surface area contributed by atoms with Crippen LogP contribution in [-0.2, 0) is 20.5 Å². The van der Waals surface area contributed by atoms with Gasteiger partial charge in [0.05, 0.1) is 26.6 Å². The maximum Gasteiger partial charge on any atom is 3.00 e. The molecule has 0 aliphatic heterocycles. The Balaban J connectivity index is -0.0000001000. The minimum Gasteiger partial charge on any atom is -0.876 e. The van der Waals surface area contributed by atoms with Crippen molar-refractivity contribution < 1.29 is 151 Å². The van der Waals surface area contributed by atoms with E-state index in [9.17, 15) is 40.2 Å². The molecule has 0 unspecified atom stereocenters. The number of ether oxygens (including phenoxy) is 2. The molecule has 0 aliphatic carbocycles. The fourth-order valence-electron chi connectivity index (χ4n) is 3.08. The number of rotatable bonds is 12. The SMILES string of the molecule is CC(=O)/C=C(/C)[O-].CC(=O)/C=C(/C)[O-].CCO.CCO.COc1cccc(/C=N/N=C(\[O-])CN(C)C)c1[O-].COc1cccc(/C=N/N=C(\[O-])CN(C)C)c1[O-].[Gd+3].[Gd+3].[OH3+].[OH3+]. The van der Waals surface area contributed by atoms with E-state index in [1.807, 2.05) is 0 Å². The van der Waals surface area contributed by atoms with E-state index in [-0.39, 0.29) is 175 Å². The predicted molar refractivity (Wildman–Crippen MR) is 216 cm³/mol. The number of aliphatic hydroxyl groups is 2. The van der Waals surface area contributed by atoms with E-state index >= 15 is 0 Å². The molecule has 0 saturated carbocycles. The second-order valence-corrected chi connectivity index (χ2v) is 11.1. The van der Waals surface area contributed by atoms with Crippen molar-refractivity contribution in [3.8, 4) is 23.0 Å². The number of nitrogens with zero attached hydrogens (tertiary/aromatic N) is 6. The molecule has 2 aromatic carbocycles. The Kier molecular flexibility index (Phi) is 59.9. The van der Waals surface area contributed by atoms with Gasteiger partial charge in [-0.05, 0) is 91.3 Å². The maximum atomic E-state index is 11.7. The van der Waals surface area contributed by atoms with Crippen LogP contribution in [0, 0.1) is 79.9 Å². The molecule has 0 atom stereocenters. The molecular weight excluding hydrogens is 1080 g/mol. The standard InChI is InChI=1S/2C12H17N3O3.2C5H8O2.2C2H6O.2Gd.2H2O/c2*1-15(2)8-11(16)14-13-7-9-5-4-6-10(18-3)12(9)17;2*1-4(6)3-5(2)7;2*1-2-3;;;;/h2*4-7,17H,8H2,1-3H3,(H,14,16);2*3,6H,1-2H3;2*3H,2H2,1H3;;;2*1H2/q;;;;;;2*+3;;/p-4/b2*13-7+;2*4-3-;;;;;;. The Labute approximate surface area is 417 Å². The number of benzene rings is 2. The molecule has 2 radical (unpaired) electrons. The molecule has 22 heteroatoms. The Morgan fingerprint density at radius 1 is 0.633 bits per heavy atom. The van der Waals surface area contributed by atoms with Crippen LogP contribution in [0.1, 0.15) is 52.7 Å². The zero-order valence-electron chi connectivity index (χ0n) is 36.1. The van der Waals surface area contributed by atoms with Crippen LogP contribution in [0.2, 0.25) is 0 Å². The van der Waals surface area contributed by atoms with Gasteiger partial charge in [-0.3, -0.25) is 9.59 Å². The van der Waals surface area contributed by atoms with Crippen molar-refractivity contribution in [2.75, 3.05) is 68.7 Å². The maximum absolute atomic E-state index is 11.7. The van der Waals surface area contributed by atoms with Gasteiger partial charge in [-0.2, -0.15) is 20.4 Å². The number of likely N-dealkylation sites (N-methyl/N-ethyl adjacent to an activating group) is 2. The third kappa shape index (κ3) is 49.1. The van der Waals surface area contributed by atoms with Crippen molar-refractivity contribution >= 4 is 35.8 Å². The molecule has 60 heavy (non-hydrogen) atoms. The monoisotopic (exact) mass is 1140 g/mol. The summed E-state index contributed by atoms with van der Waals surface area (Å²) in [5.41, 5.74) is 0.659. The number of allylic oxidation sites excluding steroid dienone is 4. The Morgan fingerprint density at radius 3 is 1.08 bits per heavy atom. The zero-order valence-corrected chi connectivity index (χ0v) is 40.7. The predicted octanol–water partition coefficient (Wildman–Crippen LogP) is -3.32. The van der Waals surface area contributed by atoms with E-state index in [1.54, 1.807) is 88.2 Å². The molecule has 0 aromatic heterocycles. The van der Waals surface area contributed by atoms with E-state index in [0.717, 1.165) is 12.2 Å². The van der Waals surface area contributed by atoms with E-state index < -0.39 is 0 Å². The molecular formula is C38H62Gd2N6O14+2. The van der Waals surface area contributed by atoms with Crippen LogP contribution in [-0.4, -0.2) is 125 Å². The molecule has 0 bridgehead atoms. The largest absolute Gasteiger partial charge is 3.00 e. The van der Waals surface area contributed by atoms with E-state index in [2.05, 4.69) is 20.4 Å². The first-order valence-electron chi connectivity index (χ1n) is 16.6. The second-order valence-electron chi connectivity index (χ2n) is 11.1. The van der Waals surface area contributed by atoms with Gasteiger partial charge < -0.3 is 71.1 Å². The summed E-state index contributed by atoms with van der Waals surface area (Å²) in [4.78, 5) is 23.3. The number of carbonyl (C=O) groups is 2. The molecule has 8 N–H and O–H groups in total. The molecule has 342 valence electrons. The van der Waals surface area contributed by atoms with E-state index in [1.165, 1.54) is 54.3 Å². The number of para-hydroxylation sites is 2. The zero-order chi connectivity index (χ0) is 44.2. The van der Waals surface area contributed by atoms with E-state index in [0.29, 0.717) is 11.1 Å². The first-order valence-corrected chi connectivity index (χ1v) is 16.6. The van der Waals surface area contributed by atoms with Gasteiger partial charge in [0, 0.05) is 38.1 Å². The van der Waals surface area contributed by atoms with Gasteiger partial charge in [0.2, 0.25) is 0 Å². The first-order chi connectivity index (χ1) is 26.2. The van der Waals surface area contributed by atoms with Gasteiger partial charge in [-0.1, -0.05) is 49.6 Å². The first kappa shape index (κ1) is 74.2. The van der Waals surface area contributed by atoms with Gasteiger partial charge in [0.15, 0.2) is 11.6 Å². The van der Waals surface area contributed by atoms with Crippen molar-refractivity contribution in [3.63, 3.8) is 0 Å². The van der Waals surface area contributed by atoms with Gasteiger partial charge in [0.25, 0.3) is 0 Å². The van der Waals surface area contributed by atoms with Gasteiger partial charge >= 0.3 is 79.9 Å². The van der Waals surface area contributed by atoms with Crippen LogP contribution < -0.4 is 40.1 Å². The molecule has 0 saturated heterocycles. The molecule has 0 amide bonds. The second kappa shape index (κ2) is 48.4. The van der Waals surface area contributed by atoms with Crippen LogP contribution in [0.15, 0.2) is 80.5 Å². The smallest absolute Gasteiger partial charge is 0.876 e. The molecule has 2 aromatic rings. The quantitative estimate of drug-likeness (QED) is 0.0525. The van der Waals surface area contributed by atoms with Crippen molar-refractivity contribution in [3.05, 3.63) is 71.2 Å². The summed E-state index contributed by atoms with van der Waals surface area (Å²) in [6.07, 6.45) is 4.61. The fourth-order valence-corrected chi connectivity index (χ4v) is 3.08. The number of hydrogen-bond acceptors (Lipinski definition) is 18. The van der Waals surface area contributed by atoms with E-state index in [4.69, 9.17) is 19.7 Å². The van der Waals surface area contributed by atoms with Gasteiger partial charge in [0.1, 0.15) is 11.5 Å². The van der Waals surface area contributed by atoms with Crippen molar-refractivity contribution in [2.24, 2.45) is 20.4 Å². The van der Waals surface area contributed by atoms with Crippen LogP contribution >= 0.6 is 0 Å². The average molecular weight is 1140 g/mol. The summed E-state index contributed by atoms with van der Waals surface area (Å²) in [5, 5.41) is 95.1. The summed E-state index contributed by atoms with van der Waals surface area (Å²) in [6, 6.07) is 9.63. The summed E-state index contributed by atoms with van der Waals surface area (Å²) in [6.45, 7) is 9.62. The van der Waals surface area contributed by atoms with Crippen molar-refractivity contribution in [2.45, 2.75) is 41.5 Å². The van der Waals surface area contributed by atoms with Gasteiger partial charge in [-0.25, -0.2) is 0 Å². The minimum absolute atomic E-state index is 0. The summed E-state index contributed by atoms with van der Waals surface area (Å²) < 4.78 is 9.77. The van der Waals surface area contributed by atoms with Crippen molar-refractivity contribution in [1.29, 1.82) is 0 Å². The number of methoxy groups -OCH3 is 2. The Hall–Kier alpha value is -3.25. The molecule has 0 heterocycles. The van der Waals surface area contributed by atoms with Crippen LogP contribution in [0.3, 0.4) is 0 Å². The fraction of sp³-hybridized carbons (Fsp3) is 0.421. The average Bonchev–Trinajstić information content (AvgIpc) is 3.06. The molecule has 0 fully saturated rings. The molecule has 20 nitrogen and oxygen atoms in total.